The standard InChI is InChI=1S/C18H23N3O4/c1-18(17(24)25-5)13-12(15(22)21(4)16(13)23)14(19-18)10-6-8-11(9-7-10)20(2)3/h6-9,12-14,19H,1-5H3/p+1/t12-,13-,14-,18+/m0/s1. The molecule has 0 unspecified atom stereocenters. The number of likely N-dealkylation sites (tertiary alicyclic amines) is 1. The molecule has 2 fully saturated rings. The van der Waals surface area contributed by atoms with E-state index in [1.54, 1.807) is 6.92 Å². The van der Waals surface area contributed by atoms with Crippen molar-refractivity contribution in [1.82, 2.24) is 4.90 Å². The largest absolute Gasteiger partial charge is 0.464 e. The van der Waals surface area contributed by atoms with Crippen molar-refractivity contribution in [2.75, 3.05) is 33.2 Å². The number of nitrogens with two attached hydrogens (primary N) is 1. The number of rotatable bonds is 3. The van der Waals surface area contributed by atoms with Gasteiger partial charge in [-0.05, 0) is 12.1 Å². The van der Waals surface area contributed by atoms with Crippen molar-refractivity contribution in [3.05, 3.63) is 29.8 Å². The summed E-state index contributed by atoms with van der Waals surface area (Å²) in [5.41, 5.74) is 0.853. The number of hydrogen-bond donors (Lipinski definition) is 1. The number of fused-ring (bicyclic) bond motifs is 1. The Kier molecular flexibility index (Phi) is 4.07. The Hall–Kier alpha value is -2.41. The fraction of sp³-hybridized carbons (Fsp3) is 0.500. The van der Waals surface area contributed by atoms with E-state index in [1.807, 2.05) is 48.6 Å². The first-order valence-electron chi connectivity index (χ1n) is 8.25. The number of quaternary nitrogens is 1. The normalized spacial score (nSPS) is 31.2. The van der Waals surface area contributed by atoms with Crippen LogP contribution < -0.4 is 10.2 Å². The fourth-order valence-corrected chi connectivity index (χ4v) is 4.12. The SMILES string of the molecule is COC(=O)[C@]1(C)[NH2+][C@@H](c2ccc(N(C)C)cc2)[C@H]2C(=O)N(C)C(=O)[C@H]21. The van der Waals surface area contributed by atoms with E-state index in [4.69, 9.17) is 4.74 Å². The van der Waals surface area contributed by atoms with Crippen LogP contribution >= 0.6 is 0 Å². The molecule has 2 aliphatic rings. The predicted octanol–water partition coefficient (Wildman–Crippen LogP) is -0.467. The lowest BCUT2D eigenvalue weighted by atomic mass is 9.80. The van der Waals surface area contributed by atoms with E-state index in [0.29, 0.717) is 0 Å². The van der Waals surface area contributed by atoms with Crippen LogP contribution in [0.25, 0.3) is 0 Å². The lowest BCUT2D eigenvalue weighted by Crippen LogP contribution is -2.97. The third-order valence-electron chi connectivity index (χ3n) is 5.55. The van der Waals surface area contributed by atoms with E-state index < -0.39 is 23.3 Å². The quantitative estimate of drug-likeness (QED) is 0.591. The number of nitrogens with zero attached hydrogens (tertiary/aromatic N) is 2. The van der Waals surface area contributed by atoms with Crippen LogP contribution in [0.4, 0.5) is 5.69 Å². The Morgan fingerprint density at radius 3 is 2.32 bits per heavy atom. The zero-order valence-corrected chi connectivity index (χ0v) is 15.1. The van der Waals surface area contributed by atoms with Gasteiger partial charge in [-0.3, -0.25) is 14.5 Å². The minimum atomic E-state index is -1.11. The van der Waals surface area contributed by atoms with Crippen molar-refractivity contribution < 1.29 is 24.4 Å². The van der Waals surface area contributed by atoms with Gasteiger partial charge in [0.1, 0.15) is 17.9 Å². The number of imide groups is 1. The number of anilines is 1. The summed E-state index contributed by atoms with van der Waals surface area (Å²) in [6, 6.07) is 7.54. The molecule has 7 heteroatoms. The maximum atomic E-state index is 12.7. The van der Waals surface area contributed by atoms with Gasteiger partial charge < -0.3 is 15.0 Å². The summed E-state index contributed by atoms with van der Waals surface area (Å²) in [5, 5.41) is 1.82. The predicted molar refractivity (Wildman–Crippen MR) is 90.6 cm³/mol. The highest BCUT2D eigenvalue weighted by atomic mass is 16.5. The van der Waals surface area contributed by atoms with Gasteiger partial charge in [0, 0.05) is 39.3 Å². The van der Waals surface area contributed by atoms with Crippen molar-refractivity contribution in [3.63, 3.8) is 0 Å². The summed E-state index contributed by atoms with van der Waals surface area (Å²) in [5.74, 6) is -2.30. The molecule has 7 nitrogen and oxygen atoms in total. The highest BCUT2D eigenvalue weighted by molar-refractivity contribution is 6.08. The lowest BCUT2D eigenvalue weighted by molar-refractivity contribution is -0.731. The molecule has 0 spiro atoms. The first kappa shape index (κ1) is 17.4. The number of methoxy groups -OCH3 is 1. The second-order valence-electron chi connectivity index (χ2n) is 7.19. The van der Waals surface area contributed by atoms with Crippen LogP contribution in [0, 0.1) is 11.8 Å². The third-order valence-corrected chi connectivity index (χ3v) is 5.55. The molecule has 1 aromatic carbocycles. The van der Waals surface area contributed by atoms with E-state index in [0.717, 1.165) is 16.2 Å². The van der Waals surface area contributed by atoms with Crippen LogP contribution in [0.15, 0.2) is 24.3 Å². The first-order valence-corrected chi connectivity index (χ1v) is 8.25. The molecule has 2 aliphatic heterocycles. The topological polar surface area (TPSA) is 83.5 Å². The number of esters is 1. The average molecular weight is 346 g/mol. The maximum Gasteiger partial charge on any atom is 0.368 e. The molecule has 2 N–H and O–H groups in total. The number of amides is 2. The molecule has 3 rings (SSSR count). The van der Waals surface area contributed by atoms with Crippen LogP contribution in [0.1, 0.15) is 18.5 Å². The molecular weight excluding hydrogens is 322 g/mol. The lowest BCUT2D eigenvalue weighted by Gasteiger charge is -2.24. The Bertz CT molecular complexity index is 730. The van der Waals surface area contributed by atoms with Crippen molar-refractivity contribution in [2.24, 2.45) is 11.8 Å². The molecule has 2 heterocycles. The number of benzene rings is 1. The summed E-state index contributed by atoms with van der Waals surface area (Å²) in [4.78, 5) is 40.9. The Morgan fingerprint density at radius 2 is 1.80 bits per heavy atom. The second-order valence-corrected chi connectivity index (χ2v) is 7.19. The molecule has 134 valence electrons. The summed E-state index contributed by atoms with van der Waals surface area (Å²) in [6.45, 7) is 1.69. The molecule has 0 aromatic heterocycles. The van der Waals surface area contributed by atoms with Gasteiger partial charge >= 0.3 is 5.97 Å². The molecule has 0 aliphatic carbocycles. The minimum Gasteiger partial charge on any atom is -0.464 e. The van der Waals surface area contributed by atoms with E-state index >= 15 is 0 Å². The molecular formula is C18H24N3O4+. The highest BCUT2D eigenvalue weighted by Crippen LogP contribution is 2.43. The number of carbonyl (C=O) groups is 3. The fourth-order valence-electron chi connectivity index (χ4n) is 4.12. The van der Waals surface area contributed by atoms with Gasteiger partial charge in [-0.25, -0.2) is 4.79 Å². The number of ether oxygens (including phenoxy) is 1. The third kappa shape index (κ3) is 2.41. The Labute approximate surface area is 146 Å². The van der Waals surface area contributed by atoms with Gasteiger partial charge in [-0.1, -0.05) is 12.1 Å². The maximum absolute atomic E-state index is 12.7. The Morgan fingerprint density at radius 1 is 1.20 bits per heavy atom. The molecule has 25 heavy (non-hydrogen) atoms. The summed E-state index contributed by atoms with van der Waals surface area (Å²) >= 11 is 0. The first-order chi connectivity index (χ1) is 11.7. The van der Waals surface area contributed by atoms with Crippen LogP contribution in [-0.2, 0) is 19.1 Å². The molecule has 0 radical (unpaired) electrons. The smallest absolute Gasteiger partial charge is 0.368 e. The van der Waals surface area contributed by atoms with Gasteiger partial charge in [-0.2, -0.15) is 0 Å². The van der Waals surface area contributed by atoms with Crippen molar-refractivity contribution in [2.45, 2.75) is 18.5 Å². The highest BCUT2D eigenvalue weighted by Gasteiger charge is 2.70. The van der Waals surface area contributed by atoms with Crippen molar-refractivity contribution in [1.29, 1.82) is 0 Å². The molecule has 1 aromatic rings. The molecule has 0 bridgehead atoms. The van der Waals surface area contributed by atoms with E-state index in [1.165, 1.54) is 14.2 Å². The molecule has 2 amide bonds. The zero-order valence-electron chi connectivity index (χ0n) is 15.1. The zero-order chi connectivity index (χ0) is 18.5. The average Bonchev–Trinajstić information content (AvgIpc) is 3.04. The van der Waals surface area contributed by atoms with Gasteiger partial charge in [0.15, 0.2) is 0 Å². The minimum absolute atomic E-state index is 0.236. The van der Waals surface area contributed by atoms with Gasteiger partial charge in [0.05, 0.1) is 7.11 Å². The van der Waals surface area contributed by atoms with Crippen LogP contribution in [-0.4, -0.2) is 56.5 Å². The number of hydrogen-bond acceptors (Lipinski definition) is 5. The Balaban J connectivity index is 2.04. The molecule has 4 atom stereocenters. The summed E-state index contributed by atoms with van der Waals surface area (Å²) in [7, 11) is 6.69. The van der Waals surface area contributed by atoms with Crippen molar-refractivity contribution in [3.8, 4) is 0 Å². The van der Waals surface area contributed by atoms with E-state index in [9.17, 15) is 14.4 Å². The number of carbonyl (C=O) groups excluding carboxylic acids is 3. The van der Waals surface area contributed by atoms with Gasteiger partial charge in [0.2, 0.25) is 17.4 Å². The van der Waals surface area contributed by atoms with Crippen LogP contribution in [0.5, 0.6) is 0 Å². The van der Waals surface area contributed by atoms with E-state index in [-0.39, 0.29) is 17.9 Å². The van der Waals surface area contributed by atoms with E-state index in [2.05, 4.69) is 0 Å². The summed E-state index contributed by atoms with van der Waals surface area (Å²) in [6.07, 6.45) is 0. The van der Waals surface area contributed by atoms with Crippen LogP contribution in [0.2, 0.25) is 0 Å². The second kappa shape index (κ2) is 5.84. The summed E-state index contributed by atoms with van der Waals surface area (Å²) < 4.78 is 4.94. The van der Waals surface area contributed by atoms with Crippen molar-refractivity contribution >= 4 is 23.5 Å². The van der Waals surface area contributed by atoms with Gasteiger partial charge in [-0.15, -0.1) is 0 Å². The molecule has 2 saturated heterocycles. The van der Waals surface area contributed by atoms with Crippen LogP contribution in [0.3, 0.4) is 0 Å². The monoisotopic (exact) mass is 346 g/mol. The molecule has 0 saturated carbocycles. The van der Waals surface area contributed by atoms with Gasteiger partial charge in [0.25, 0.3) is 0 Å².